The molecule has 0 spiro atoms. The van der Waals surface area contributed by atoms with Gasteiger partial charge in [-0.15, -0.1) is 0 Å². The van der Waals surface area contributed by atoms with Crippen molar-refractivity contribution < 1.29 is 18.3 Å². The van der Waals surface area contributed by atoms with Crippen LogP contribution in [0.1, 0.15) is 25.0 Å². The molecule has 0 saturated heterocycles. The Labute approximate surface area is 116 Å². The third-order valence-corrected chi connectivity index (χ3v) is 7.44. The fourth-order valence-electron chi connectivity index (χ4n) is 1.69. The Morgan fingerprint density at radius 2 is 1.89 bits per heavy atom. The topological polar surface area (TPSA) is 63.6 Å². The predicted molar refractivity (Wildman–Crippen MR) is 74.7 cm³/mol. The van der Waals surface area contributed by atoms with E-state index >= 15 is 0 Å². The lowest BCUT2D eigenvalue weighted by Gasteiger charge is -2.30. The Morgan fingerprint density at radius 1 is 1.39 bits per heavy atom. The van der Waals surface area contributed by atoms with E-state index in [1.165, 1.54) is 0 Å². The van der Waals surface area contributed by atoms with Gasteiger partial charge in [0.15, 0.2) is 13.5 Å². The maximum Gasteiger partial charge on any atom is 0.166 e. The van der Waals surface area contributed by atoms with Crippen LogP contribution in [0.4, 0.5) is 0 Å². The van der Waals surface area contributed by atoms with Gasteiger partial charge in [-0.25, -0.2) is 8.42 Å². The molecule has 1 N–H and O–H groups in total. The van der Waals surface area contributed by atoms with Gasteiger partial charge in [0.2, 0.25) is 0 Å². The number of benzene rings is 1. The zero-order chi connectivity index (χ0) is 14.0. The first kappa shape index (κ1) is 15.5. The monoisotopic (exact) mass is 336 g/mol. The Bertz CT molecular complexity index is 497. The quantitative estimate of drug-likeness (QED) is 0.838. The van der Waals surface area contributed by atoms with E-state index in [9.17, 15) is 13.5 Å². The van der Waals surface area contributed by atoms with Gasteiger partial charge in [0.05, 0.1) is 7.11 Å². The van der Waals surface area contributed by atoms with Crippen LogP contribution in [-0.2, 0) is 9.84 Å². The minimum atomic E-state index is -3.44. The lowest BCUT2D eigenvalue weighted by atomic mass is 10.0. The standard InChI is InChI=1S/C12H17BrO4S/c1-4-12(13,18(3,15)16)11(14)9-5-7-10(17-2)8-6-9/h5-8,11,14H,4H2,1-3H3. The number of ether oxygens (including phenoxy) is 1. The molecule has 0 bridgehead atoms. The largest absolute Gasteiger partial charge is 0.497 e. The molecule has 0 fully saturated rings. The Hall–Kier alpha value is -0.590. The molecule has 102 valence electrons. The number of methoxy groups -OCH3 is 1. The van der Waals surface area contributed by atoms with Crippen molar-refractivity contribution in [2.75, 3.05) is 13.4 Å². The normalized spacial score (nSPS) is 16.9. The van der Waals surface area contributed by atoms with E-state index in [-0.39, 0.29) is 6.42 Å². The summed E-state index contributed by atoms with van der Waals surface area (Å²) in [6.07, 6.45) is 0.236. The van der Waals surface area contributed by atoms with Gasteiger partial charge in [0.25, 0.3) is 0 Å². The molecule has 2 unspecified atom stereocenters. The van der Waals surface area contributed by atoms with Crippen LogP contribution < -0.4 is 4.74 Å². The van der Waals surface area contributed by atoms with Crippen LogP contribution in [0.15, 0.2) is 24.3 Å². The van der Waals surface area contributed by atoms with Crippen molar-refractivity contribution >= 4 is 25.8 Å². The maximum atomic E-state index is 11.8. The minimum absolute atomic E-state index is 0.263. The molecule has 0 aliphatic rings. The molecule has 0 amide bonds. The average Bonchev–Trinajstić information content (AvgIpc) is 2.35. The maximum absolute atomic E-state index is 11.8. The van der Waals surface area contributed by atoms with E-state index in [2.05, 4.69) is 15.9 Å². The molecule has 18 heavy (non-hydrogen) atoms. The van der Waals surface area contributed by atoms with Crippen molar-refractivity contribution in [2.24, 2.45) is 0 Å². The summed E-state index contributed by atoms with van der Waals surface area (Å²) in [6, 6.07) is 6.68. The highest BCUT2D eigenvalue weighted by atomic mass is 79.9. The molecule has 1 aromatic carbocycles. The summed E-state index contributed by atoms with van der Waals surface area (Å²) in [5.74, 6) is 0.655. The van der Waals surface area contributed by atoms with Gasteiger partial charge in [-0.05, 0) is 24.1 Å². The number of rotatable bonds is 5. The second-order valence-corrected chi connectivity index (χ2v) is 8.30. The first-order chi connectivity index (χ1) is 8.26. The Balaban J connectivity index is 3.15. The lowest BCUT2D eigenvalue weighted by molar-refractivity contribution is 0.160. The highest BCUT2D eigenvalue weighted by Gasteiger charge is 2.44. The smallest absolute Gasteiger partial charge is 0.166 e. The van der Waals surface area contributed by atoms with Crippen molar-refractivity contribution in [3.8, 4) is 5.75 Å². The van der Waals surface area contributed by atoms with Gasteiger partial charge in [0.1, 0.15) is 11.9 Å². The highest BCUT2D eigenvalue weighted by Crippen LogP contribution is 2.41. The van der Waals surface area contributed by atoms with Crippen LogP contribution in [0.2, 0.25) is 0 Å². The van der Waals surface area contributed by atoms with Crippen LogP contribution in [0.25, 0.3) is 0 Å². The zero-order valence-electron chi connectivity index (χ0n) is 10.6. The molecule has 0 aliphatic heterocycles. The van der Waals surface area contributed by atoms with Gasteiger partial charge in [0, 0.05) is 6.26 Å². The Kier molecular flexibility index (Phi) is 4.80. The molecule has 6 heteroatoms. The molecular weight excluding hydrogens is 320 g/mol. The van der Waals surface area contributed by atoms with Crippen LogP contribution >= 0.6 is 15.9 Å². The number of aliphatic hydroxyl groups excluding tert-OH is 1. The number of aliphatic hydroxyl groups is 1. The summed E-state index contributed by atoms with van der Waals surface area (Å²) < 4.78 is 27.2. The van der Waals surface area contributed by atoms with E-state index < -0.39 is 19.6 Å². The molecule has 2 atom stereocenters. The molecule has 1 rings (SSSR count). The summed E-state index contributed by atoms with van der Waals surface area (Å²) in [4.78, 5) is 0. The molecule has 0 heterocycles. The molecule has 0 aliphatic carbocycles. The SMILES string of the molecule is CCC(Br)(C(O)c1ccc(OC)cc1)S(C)(=O)=O. The van der Waals surface area contributed by atoms with Crippen LogP contribution in [0.5, 0.6) is 5.75 Å². The third kappa shape index (κ3) is 2.87. The second-order valence-electron chi connectivity index (χ2n) is 4.09. The van der Waals surface area contributed by atoms with Crippen LogP contribution in [0.3, 0.4) is 0 Å². The number of hydrogen-bond acceptors (Lipinski definition) is 4. The van der Waals surface area contributed by atoms with Gasteiger partial charge >= 0.3 is 0 Å². The van der Waals surface area contributed by atoms with E-state index in [1.54, 1.807) is 38.3 Å². The van der Waals surface area contributed by atoms with Gasteiger partial charge in [-0.3, -0.25) is 0 Å². The van der Waals surface area contributed by atoms with E-state index in [4.69, 9.17) is 4.74 Å². The van der Waals surface area contributed by atoms with Crippen LogP contribution in [-0.4, -0.2) is 30.5 Å². The molecule has 0 radical (unpaired) electrons. The van der Waals surface area contributed by atoms with Gasteiger partial charge in [-0.2, -0.15) is 0 Å². The van der Waals surface area contributed by atoms with Gasteiger partial charge < -0.3 is 9.84 Å². The molecule has 4 nitrogen and oxygen atoms in total. The van der Waals surface area contributed by atoms with Crippen molar-refractivity contribution in [1.29, 1.82) is 0 Å². The predicted octanol–water partition coefficient (Wildman–Crippen LogP) is 2.27. The van der Waals surface area contributed by atoms with E-state index in [0.717, 1.165) is 6.26 Å². The fourth-order valence-corrected chi connectivity index (χ4v) is 3.02. The summed E-state index contributed by atoms with van der Waals surface area (Å²) >= 11 is 3.17. The number of sulfone groups is 1. The number of hydrogen-bond donors (Lipinski definition) is 1. The van der Waals surface area contributed by atoms with E-state index in [1.807, 2.05) is 0 Å². The van der Waals surface area contributed by atoms with Gasteiger partial charge in [-0.1, -0.05) is 35.0 Å². The van der Waals surface area contributed by atoms with Crippen LogP contribution in [0, 0.1) is 0 Å². The number of halogens is 1. The van der Waals surface area contributed by atoms with E-state index in [0.29, 0.717) is 11.3 Å². The molecular formula is C12H17BrO4S. The van der Waals surface area contributed by atoms with Crippen molar-refractivity contribution in [2.45, 2.75) is 23.1 Å². The summed E-state index contributed by atoms with van der Waals surface area (Å²) in [5, 5.41) is 10.3. The van der Waals surface area contributed by atoms with Crippen molar-refractivity contribution in [3.63, 3.8) is 0 Å². The highest BCUT2D eigenvalue weighted by molar-refractivity contribution is 9.11. The summed E-state index contributed by atoms with van der Waals surface area (Å²) in [6.45, 7) is 1.71. The number of alkyl halides is 1. The average molecular weight is 337 g/mol. The first-order valence-corrected chi connectivity index (χ1v) is 8.15. The third-order valence-electron chi connectivity index (χ3n) is 2.94. The molecule has 1 aromatic rings. The zero-order valence-corrected chi connectivity index (χ0v) is 13.0. The first-order valence-electron chi connectivity index (χ1n) is 5.46. The summed E-state index contributed by atoms with van der Waals surface area (Å²) in [7, 11) is -1.90. The fraction of sp³-hybridized carbons (Fsp3) is 0.500. The molecule has 0 saturated carbocycles. The summed E-state index contributed by atoms with van der Waals surface area (Å²) in [5.41, 5.74) is 0.528. The Morgan fingerprint density at radius 3 is 2.22 bits per heavy atom. The van der Waals surface area contributed by atoms with Crippen molar-refractivity contribution in [1.82, 2.24) is 0 Å². The molecule has 0 aromatic heterocycles. The minimum Gasteiger partial charge on any atom is -0.497 e. The second kappa shape index (κ2) is 5.59. The lowest BCUT2D eigenvalue weighted by Crippen LogP contribution is -2.37. The van der Waals surface area contributed by atoms with Crippen molar-refractivity contribution in [3.05, 3.63) is 29.8 Å².